The standard InChI is InChI=1S/C24H28N6O3S/c1-33-23-3-2-18-24(29-23)17(4-7-25-18)20(31)13-30-8-5-15(6-9-30)26-11-16-10-19-21(12-27-16)34-14-22(32)28-19/h2-4,7,10,12,15,20,26,31H,5-6,8-9,11,13-14H2,1H3,(H,28,32). The number of rotatable bonds is 7. The summed E-state index contributed by atoms with van der Waals surface area (Å²) in [7, 11) is 1.58. The van der Waals surface area contributed by atoms with Crippen LogP contribution in [-0.2, 0) is 11.3 Å². The van der Waals surface area contributed by atoms with Gasteiger partial charge < -0.3 is 25.4 Å². The first-order valence-corrected chi connectivity index (χ1v) is 12.4. The molecule has 3 aromatic heterocycles. The Balaban J connectivity index is 1.14. The Morgan fingerprint density at radius 2 is 2.15 bits per heavy atom. The highest BCUT2D eigenvalue weighted by Crippen LogP contribution is 2.31. The van der Waals surface area contributed by atoms with Gasteiger partial charge in [0.1, 0.15) is 0 Å². The summed E-state index contributed by atoms with van der Waals surface area (Å²) >= 11 is 1.52. The molecule has 2 aliphatic rings. The summed E-state index contributed by atoms with van der Waals surface area (Å²) in [4.78, 5) is 28.3. The molecule has 0 aliphatic carbocycles. The first-order chi connectivity index (χ1) is 16.6. The molecule has 1 unspecified atom stereocenters. The Bertz CT molecular complexity index is 1180. The van der Waals surface area contributed by atoms with Crippen LogP contribution in [0.25, 0.3) is 11.0 Å². The molecule has 0 bridgehead atoms. The second-order valence-corrected chi connectivity index (χ2v) is 9.62. The number of hydrogen-bond acceptors (Lipinski definition) is 9. The summed E-state index contributed by atoms with van der Waals surface area (Å²) in [6, 6.07) is 7.82. The Morgan fingerprint density at radius 3 is 2.97 bits per heavy atom. The maximum absolute atomic E-state index is 11.6. The number of nitrogens with one attached hydrogen (secondary N) is 2. The van der Waals surface area contributed by atoms with Crippen LogP contribution >= 0.6 is 11.8 Å². The third-order valence-corrected chi connectivity index (χ3v) is 7.35. The number of carbonyl (C=O) groups excluding carboxylic acids is 1. The largest absolute Gasteiger partial charge is 0.481 e. The van der Waals surface area contributed by atoms with Gasteiger partial charge in [0, 0.05) is 48.1 Å². The van der Waals surface area contributed by atoms with E-state index in [1.165, 1.54) is 11.8 Å². The average molecular weight is 481 g/mol. The minimum absolute atomic E-state index is 0.0341. The van der Waals surface area contributed by atoms with E-state index in [1.807, 2.05) is 24.4 Å². The van der Waals surface area contributed by atoms with E-state index in [1.54, 1.807) is 19.4 Å². The van der Waals surface area contributed by atoms with E-state index < -0.39 is 6.10 Å². The van der Waals surface area contributed by atoms with E-state index in [2.05, 4.69) is 30.5 Å². The van der Waals surface area contributed by atoms with Gasteiger partial charge in [0.05, 0.1) is 41.4 Å². The van der Waals surface area contributed by atoms with Crippen molar-refractivity contribution in [2.24, 2.45) is 0 Å². The van der Waals surface area contributed by atoms with Crippen LogP contribution in [0.4, 0.5) is 5.69 Å². The Morgan fingerprint density at radius 1 is 1.29 bits per heavy atom. The second kappa shape index (κ2) is 10.2. The number of pyridine rings is 3. The van der Waals surface area contributed by atoms with Crippen molar-refractivity contribution in [3.05, 3.63) is 47.9 Å². The molecular weight excluding hydrogens is 452 g/mol. The molecule has 3 N–H and O–H groups in total. The number of β-amino-alcohol motifs (C(OH)–C–C–N with tert-alkyl or cyclic N) is 1. The molecule has 178 valence electrons. The van der Waals surface area contributed by atoms with Crippen molar-refractivity contribution in [2.45, 2.75) is 36.4 Å². The number of ether oxygens (including phenoxy) is 1. The summed E-state index contributed by atoms with van der Waals surface area (Å²) in [5, 5.41) is 17.5. The van der Waals surface area contributed by atoms with Crippen LogP contribution in [0.5, 0.6) is 5.88 Å². The van der Waals surface area contributed by atoms with Crippen LogP contribution in [0.1, 0.15) is 30.2 Å². The molecule has 5 rings (SSSR count). The van der Waals surface area contributed by atoms with Crippen molar-refractivity contribution in [1.29, 1.82) is 0 Å². The molecule has 3 aromatic rings. The first-order valence-electron chi connectivity index (χ1n) is 11.4. The van der Waals surface area contributed by atoms with Gasteiger partial charge in [0.25, 0.3) is 0 Å². The molecule has 0 saturated carbocycles. The van der Waals surface area contributed by atoms with Crippen LogP contribution in [0.15, 0.2) is 41.6 Å². The Hall–Kier alpha value is -2.79. The molecule has 2 aliphatic heterocycles. The van der Waals surface area contributed by atoms with Gasteiger partial charge in [-0.25, -0.2) is 4.98 Å². The molecular formula is C24H28N6O3S. The number of amides is 1. The van der Waals surface area contributed by atoms with E-state index in [0.29, 0.717) is 36.3 Å². The highest BCUT2D eigenvalue weighted by Gasteiger charge is 2.23. The zero-order chi connectivity index (χ0) is 23.5. The minimum Gasteiger partial charge on any atom is -0.481 e. The average Bonchev–Trinajstić information content (AvgIpc) is 2.87. The third kappa shape index (κ3) is 5.15. The van der Waals surface area contributed by atoms with Crippen LogP contribution in [0, 0.1) is 0 Å². The molecule has 10 heteroatoms. The fourth-order valence-corrected chi connectivity index (χ4v) is 5.20. The molecule has 9 nitrogen and oxygen atoms in total. The predicted octanol–water partition coefficient (Wildman–Crippen LogP) is 2.37. The lowest BCUT2D eigenvalue weighted by Crippen LogP contribution is -2.43. The van der Waals surface area contributed by atoms with Crippen LogP contribution in [0.2, 0.25) is 0 Å². The highest BCUT2D eigenvalue weighted by atomic mass is 32.2. The summed E-state index contributed by atoms with van der Waals surface area (Å²) in [6.45, 7) is 3.02. The van der Waals surface area contributed by atoms with Gasteiger partial charge >= 0.3 is 0 Å². The number of thioether (sulfide) groups is 1. The molecule has 1 saturated heterocycles. The molecule has 0 spiro atoms. The summed E-state index contributed by atoms with van der Waals surface area (Å²) < 4.78 is 5.24. The summed E-state index contributed by atoms with van der Waals surface area (Å²) in [6.07, 6.45) is 4.89. The number of nitrogens with zero attached hydrogens (tertiary/aromatic N) is 4. The van der Waals surface area contributed by atoms with Gasteiger partial charge in [-0.3, -0.25) is 14.8 Å². The van der Waals surface area contributed by atoms with Gasteiger partial charge in [0.2, 0.25) is 11.8 Å². The summed E-state index contributed by atoms with van der Waals surface area (Å²) in [5.41, 5.74) is 3.97. The zero-order valence-electron chi connectivity index (χ0n) is 19.0. The van der Waals surface area contributed by atoms with Gasteiger partial charge in [-0.2, -0.15) is 0 Å². The van der Waals surface area contributed by atoms with Crippen LogP contribution < -0.4 is 15.4 Å². The van der Waals surface area contributed by atoms with Crippen molar-refractivity contribution < 1.29 is 14.6 Å². The Kier molecular flexibility index (Phi) is 6.91. The fourth-order valence-electron chi connectivity index (χ4n) is 4.45. The predicted molar refractivity (Wildman–Crippen MR) is 131 cm³/mol. The Labute approximate surface area is 202 Å². The molecule has 0 radical (unpaired) electrons. The smallest absolute Gasteiger partial charge is 0.234 e. The monoisotopic (exact) mass is 480 g/mol. The van der Waals surface area contributed by atoms with E-state index in [-0.39, 0.29) is 5.91 Å². The van der Waals surface area contributed by atoms with Gasteiger partial charge in [-0.05, 0) is 44.1 Å². The van der Waals surface area contributed by atoms with Crippen molar-refractivity contribution in [1.82, 2.24) is 25.2 Å². The van der Waals surface area contributed by atoms with Crippen LogP contribution in [0.3, 0.4) is 0 Å². The number of aliphatic hydroxyl groups is 1. The number of likely N-dealkylation sites (tertiary alicyclic amines) is 1. The van der Waals surface area contributed by atoms with E-state index >= 15 is 0 Å². The van der Waals surface area contributed by atoms with E-state index in [4.69, 9.17) is 4.74 Å². The lowest BCUT2D eigenvalue weighted by Gasteiger charge is -2.33. The molecule has 5 heterocycles. The number of fused-ring (bicyclic) bond motifs is 2. The number of anilines is 1. The molecule has 34 heavy (non-hydrogen) atoms. The molecule has 0 aromatic carbocycles. The number of aliphatic hydroxyl groups excluding tert-OH is 1. The number of methoxy groups -OCH3 is 1. The maximum Gasteiger partial charge on any atom is 0.234 e. The first kappa shape index (κ1) is 23.0. The fraction of sp³-hybridized carbons (Fsp3) is 0.417. The molecule has 1 fully saturated rings. The lowest BCUT2D eigenvalue weighted by molar-refractivity contribution is -0.113. The normalized spacial score (nSPS) is 17.9. The topological polar surface area (TPSA) is 113 Å². The van der Waals surface area contributed by atoms with E-state index in [9.17, 15) is 9.90 Å². The summed E-state index contributed by atoms with van der Waals surface area (Å²) in [5.74, 6) is 0.990. The van der Waals surface area contributed by atoms with Gasteiger partial charge in [0.15, 0.2) is 0 Å². The number of aromatic nitrogens is 3. The number of piperidine rings is 1. The SMILES string of the molecule is COc1ccc2nccc(C(O)CN3CCC(NCc4cc5c(cn4)SCC(=O)N5)CC3)c2n1. The highest BCUT2D eigenvalue weighted by molar-refractivity contribution is 8.00. The number of hydrogen-bond donors (Lipinski definition) is 3. The van der Waals surface area contributed by atoms with Crippen molar-refractivity contribution in [2.75, 3.05) is 37.8 Å². The second-order valence-electron chi connectivity index (χ2n) is 8.60. The minimum atomic E-state index is -0.651. The van der Waals surface area contributed by atoms with E-state index in [0.717, 1.165) is 53.3 Å². The maximum atomic E-state index is 11.6. The van der Waals surface area contributed by atoms with Crippen LogP contribution in [-0.4, -0.2) is 69.4 Å². The molecule has 1 amide bonds. The lowest BCUT2D eigenvalue weighted by atomic mass is 10.0. The number of carbonyl (C=O) groups is 1. The third-order valence-electron chi connectivity index (χ3n) is 6.31. The van der Waals surface area contributed by atoms with Gasteiger partial charge in [-0.15, -0.1) is 11.8 Å². The van der Waals surface area contributed by atoms with Crippen molar-refractivity contribution in [3.63, 3.8) is 0 Å². The van der Waals surface area contributed by atoms with Crippen molar-refractivity contribution in [3.8, 4) is 5.88 Å². The van der Waals surface area contributed by atoms with Crippen molar-refractivity contribution >= 4 is 34.4 Å². The zero-order valence-corrected chi connectivity index (χ0v) is 19.8. The molecule has 1 atom stereocenters. The van der Waals surface area contributed by atoms with Gasteiger partial charge in [-0.1, -0.05) is 0 Å². The quantitative estimate of drug-likeness (QED) is 0.469.